The van der Waals surface area contributed by atoms with Crippen molar-refractivity contribution in [1.29, 1.82) is 0 Å². The second-order valence-electron chi connectivity index (χ2n) is 5.46. The van der Waals surface area contributed by atoms with E-state index in [4.69, 9.17) is 18.9 Å². The quantitative estimate of drug-likeness (QED) is 0.671. The van der Waals surface area contributed by atoms with Gasteiger partial charge in [0.05, 0.1) is 27.4 Å². The van der Waals surface area contributed by atoms with Gasteiger partial charge in [0.15, 0.2) is 23.0 Å². The molecule has 27 heavy (non-hydrogen) atoms. The maximum atomic E-state index is 12.2. The van der Waals surface area contributed by atoms with Gasteiger partial charge in [0, 0.05) is 17.8 Å². The van der Waals surface area contributed by atoms with Gasteiger partial charge in [-0.3, -0.25) is 4.79 Å². The van der Waals surface area contributed by atoms with Crippen molar-refractivity contribution in [3.63, 3.8) is 0 Å². The molecule has 0 bridgehead atoms. The number of benzene rings is 2. The summed E-state index contributed by atoms with van der Waals surface area (Å²) in [6, 6.07) is 10.7. The molecule has 0 aromatic heterocycles. The molecule has 0 saturated heterocycles. The third kappa shape index (κ3) is 5.67. The van der Waals surface area contributed by atoms with E-state index in [-0.39, 0.29) is 5.91 Å². The Bertz CT molecular complexity index is 801. The van der Waals surface area contributed by atoms with E-state index in [1.165, 1.54) is 6.08 Å². The van der Waals surface area contributed by atoms with E-state index in [1.807, 2.05) is 26.0 Å². The van der Waals surface area contributed by atoms with E-state index in [2.05, 4.69) is 5.32 Å². The average molecular weight is 371 g/mol. The third-order valence-corrected chi connectivity index (χ3v) is 3.65. The molecule has 1 N–H and O–H groups in total. The van der Waals surface area contributed by atoms with Crippen molar-refractivity contribution in [3.05, 3.63) is 48.0 Å². The van der Waals surface area contributed by atoms with Crippen molar-refractivity contribution in [2.24, 2.45) is 0 Å². The Hall–Kier alpha value is -3.15. The van der Waals surface area contributed by atoms with Gasteiger partial charge in [-0.2, -0.15) is 0 Å². The van der Waals surface area contributed by atoms with Crippen molar-refractivity contribution in [2.75, 3.05) is 32.8 Å². The van der Waals surface area contributed by atoms with E-state index in [0.29, 0.717) is 41.9 Å². The summed E-state index contributed by atoms with van der Waals surface area (Å²) in [6.07, 6.45) is 3.17. The molecular weight excluding hydrogens is 346 g/mol. The van der Waals surface area contributed by atoms with Crippen molar-refractivity contribution in [1.82, 2.24) is 0 Å². The van der Waals surface area contributed by atoms with E-state index >= 15 is 0 Å². The van der Waals surface area contributed by atoms with Crippen LogP contribution >= 0.6 is 0 Å². The molecule has 0 heterocycles. The predicted octanol–water partition coefficient (Wildman–Crippen LogP) is 4.15. The topological polar surface area (TPSA) is 66.0 Å². The number of amides is 1. The van der Waals surface area contributed by atoms with Gasteiger partial charge >= 0.3 is 0 Å². The molecular formula is C21H25NO5. The minimum absolute atomic E-state index is 0.255. The molecule has 0 radical (unpaired) electrons. The van der Waals surface area contributed by atoms with Crippen molar-refractivity contribution < 1.29 is 23.7 Å². The first-order valence-electron chi connectivity index (χ1n) is 8.72. The molecule has 144 valence electrons. The lowest BCUT2D eigenvalue weighted by molar-refractivity contribution is -0.111. The van der Waals surface area contributed by atoms with E-state index in [1.54, 1.807) is 44.6 Å². The van der Waals surface area contributed by atoms with Crippen molar-refractivity contribution >= 4 is 17.7 Å². The molecule has 0 saturated carbocycles. The molecule has 2 rings (SSSR count). The zero-order chi connectivity index (χ0) is 19.6. The first-order valence-corrected chi connectivity index (χ1v) is 8.72. The summed E-state index contributed by atoms with van der Waals surface area (Å²) >= 11 is 0. The van der Waals surface area contributed by atoms with E-state index in [9.17, 15) is 4.79 Å². The van der Waals surface area contributed by atoms with E-state index in [0.717, 1.165) is 5.56 Å². The van der Waals surface area contributed by atoms with Crippen LogP contribution in [0.2, 0.25) is 0 Å². The van der Waals surface area contributed by atoms with Crippen LogP contribution in [0.4, 0.5) is 5.69 Å². The lowest BCUT2D eigenvalue weighted by Crippen LogP contribution is -2.08. The van der Waals surface area contributed by atoms with Crippen LogP contribution in [0.25, 0.3) is 6.08 Å². The minimum atomic E-state index is -0.255. The highest BCUT2D eigenvalue weighted by atomic mass is 16.5. The molecule has 6 nitrogen and oxygen atoms in total. The minimum Gasteiger partial charge on any atom is -0.493 e. The first kappa shape index (κ1) is 20.2. The summed E-state index contributed by atoms with van der Waals surface area (Å²) in [5, 5.41) is 2.80. The summed E-state index contributed by atoms with van der Waals surface area (Å²) in [7, 11) is 3.15. The number of ether oxygens (including phenoxy) is 4. The molecule has 1 amide bonds. The highest BCUT2D eigenvalue weighted by Crippen LogP contribution is 2.30. The van der Waals surface area contributed by atoms with Gasteiger partial charge in [-0.15, -0.1) is 0 Å². The third-order valence-electron chi connectivity index (χ3n) is 3.65. The fourth-order valence-electron chi connectivity index (χ4n) is 2.44. The SMILES string of the molecule is CCOc1ccc(NC(=O)/C=C/c2ccc(OC)c(OCC)c2)cc1OC. The molecule has 2 aromatic carbocycles. The van der Waals surface area contributed by atoms with Crippen LogP contribution in [0.15, 0.2) is 42.5 Å². The van der Waals surface area contributed by atoms with Crippen molar-refractivity contribution in [2.45, 2.75) is 13.8 Å². The van der Waals surface area contributed by atoms with Gasteiger partial charge < -0.3 is 24.3 Å². The smallest absolute Gasteiger partial charge is 0.248 e. The Morgan fingerprint density at radius 3 is 2.22 bits per heavy atom. The van der Waals surface area contributed by atoms with Crippen molar-refractivity contribution in [3.8, 4) is 23.0 Å². The van der Waals surface area contributed by atoms with Crippen LogP contribution in [-0.4, -0.2) is 33.3 Å². The van der Waals surface area contributed by atoms with Crippen LogP contribution in [0.1, 0.15) is 19.4 Å². The summed E-state index contributed by atoms with van der Waals surface area (Å²) in [6.45, 7) is 4.87. The zero-order valence-corrected chi connectivity index (χ0v) is 16.1. The fourth-order valence-corrected chi connectivity index (χ4v) is 2.44. The van der Waals surface area contributed by atoms with Gasteiger partial charge in [0.1, 0.15) is 0 Å². The molecule has 0 aliphatic carbocycles. The maximum Gasteiger partial charge on any atom is 0.248 e. The maximum absolute atomic E-state index is 12.2. The summed E-state index contributed by atoms with van der Waals surface area (Å²) in [5.74, 6) is 2.24. The van der Waals surface area contributed by atoms with Crippen LogP contribution in [0.3, 0.4) is 0 Å². The van der Waals surface area contributed by atoms with Gasteiger partial charge in [-0.25, -0.2) is 0 Å². The highest BCUT2D eigenvalue weighted by Gasteiger charge is 2.07. The largest absolute Gasteiger partial charge is 0.493 e. The zero-order valence-electron chi connectivity index (χ0n) is 16.1. The molecule has 2 aromatic rings. The number of hydrogen-bond acceptors (Lipinski definition) is 5. The first-order chi connectivity index (χ1) is 13.1. The fraction of sp³-hybridized carbons (Fsp3) is 0.286. The Labute approximate surface area is 159 Å². The number of nitrogens with one attached hydrogen (secondary N) is 1. The Balaban J connectivity index is 2.08. The molecule has 0 aliphatic heterocycles. The highest BCUT2D eigenvalue weighted by molar-refractivity contribution is 6.02. The lowest BCUT2D eigenvalue weighted by atomic mass is 10.2. The van der Waals surface area contributed by atoms with Gasteiger partial charge in [-0.1, -0.05) is 6.07 Å². The average Bonchev–Trinajstić information content (AvgIpc) is 2.68. The second kappa shape index (κ2) is 10.1. The Morgan fingerprint density at radius 1 is 0.889 bits per heavy atom. The second-order valence-corrected chi connectivity index (χ2v) is 5.46. The normalized spacial score (nSPS) is 10.5. The predicted molar refractivity (Wildman–Crippen MR) is 106 cm³/mol. The number of hydrogen-bond donors (Lipinski definition) is 1. The monoisotopic (exact) mass is 371 g/mol. The standard InChI is InChI=1S/C21H25NO5/c1-5-26-18-11-9-16(14-19(18)25-4)22-21(23)12-8-15-7-10-17(24-3)20(13-15)27-6-2/h7-14H,5-6H2,1-4H3,(H,22,23)/b12-8+. The number of methoxy groups -OCH3 is 2. The molecule has 0 spiro atoms. The molecule has 6 heteroatoms. The van der Waals surface area contributed by atoms with Crippen LogP contribution in [0.5, 0.6) is 23.0 Å². The summed E-state index contributed by atoms with van der Waals surface area (Å²) in [4.78, 5) is 12.2. The number of anilines is 1. The van der Waals surface area contributed by atoms with Crippen LogP contribution in [-0.2, 0) is 4.79 Å². The van der Waals surface area contributed by atoms with Crippen LogP contribution < -0.4 is 24.3 Å². The van der Waals surface area contributed by atoms with E-state index < -0.39 is 0 Å². The van der Waals surface area contributed by atoms with Gasteiger partial charge in [0.2, 0.25) is 5.91 Å². The number of carbonyl (C=O) groups excluding carboxylic acids is 1. The lowest BCUT2D eigenvalue weighted by Gasteiger charge is -2.11. The van der Waals surface area contributed by atoms with Gasteiger partial charge in [-0.05, 0) is 49.8 Å². The summed E-state index contributed by atoms with van der Waals surface area (Å²) < 4.78 is 21.6. The van der Waals surface area contributed by atoms with Gasteiger partial charge in [0.25, 0.3) is 0 Å². The molecule has 0 aliphatic rings. The Kier molecular flexibility index (Phi) is 7.55. The number of carbonyl (C=O) groups is 1. The number of rotatable bonds is 9. The Morgan fingerprint density at radius 2 is 1.56 bits per heavy atom. The van der Waals surface area contributed by atoms with Crippen LogP contribution in [0, 0.1) is 0 Å². The molecule has 0 unspecified atom stereocenters. The summed E-state index contributed by atoms with van der Waals surface area (Å²) in [5.41, 5.74) is 1.45. The molecule has 0 fully saturated rings. The molecule has 0 atom stereocenters.